The van der Waals surface area contributed by atoms with Gasteiger partial charge < -0.3 is 20.1 Å². The third kappa shape index (κ3) is 5.02. The van der Waals surface area contributed by atoms with E-state index in [1.165, 1.54) is 4.90 Å². The number of carbonyl (C=O) groups is 2. The molecule has 3 aromatic rings. The topological polar surface area (TPSA) is 142 Å². The molecule has 0 radical (unpaired) electrons. The van der Waals surface area contributed by atoms with Gasteiger partial charge in [-0.05, 0) is 48.4 Å². The number of rotatable bonds is 7. The number of nitrogens with zero attached hydrogens (tertiary/aromatic N) is 5. The SMILES string of the molecule is N#Cc1cc(-c2cccc(CNCCC3CN(c4ccc5c(n4)NC(=O)CO5)C(=O)O3)c2)cnn1. The third-order valence-electron chi connectivity index (χ3n) is 5.61. The highest BCUT2D eigenvalue weighted by atomic mass is 16.6. The summed E-state index contributed by atoms with van der Waals surface area (Å²) in [5.74, 6) is 0.878. The van der Waals surface area contributed by atoms with E-state index in [9.17, 15) is 9.59 Å². The molecule has 1 fully saturated rings. The molecule has 2 amide bonds. The number of fused-ring (bicyclic) bond motifs is 1. The fourth-order valence-corrected chi connectivity index (χ4v) is 3.90. The number of amides is 2. The van der Waals surface area contributed by atoms with Crippen molar-refractivity contribution in [2.24, 2.45) is 0 Å². The van der Waals surface area contributed by atoms with E-state index >= 15 is 0 Å². The minimum Gasteiger partial charge on any atom is -0.480 e. The summed E-state index contributed by atoms with van der Waals surface area (Å²) < 4.78 is 10.8. The first-order valence-electron chi connectivity index (χ1n) is 11.0. The maximum absolute atomic E-state index is 12.4. The number of nitrogens with one attached hydrogen (secondary N) is 2. The summed E-state index contributed by atoms with van der Waals surface area (Å²) in [5.41, 5.74) is 3.13. The first-order chi connectivity index (χ1) is 17.1. The highest BCUT2D eigenvalue weighted by Crippen LogP contribution is 2.30. The van der Waals surface area contributed by atoms with E-state index in [0.29, 0.717) is 43.4 Å². The van der Waals surface area contributed by atoms with Crippen LogP contribution < -0.4 is 20.3 Å². The molecule has 0 saturated carbocycles. The zero-order chi connectivity index (χ0) is 24.2. The van der Waals surface area contributed by atoms with Gasteiger partial charge in [0.1, 0.15) is 18.0 Å². The zero-order valence-electron chi connectivity index (χ0n) is 18.6. The predicted octanol–water partition coefficient (Wildman–Crippen LogP) is 2.25. The first kappa shape index (κ1) is 22.2. The van der Waals surface area contributed by atoms with Crippen LogP contribution in [0, 0.1) is 11.3 Å². The molecule has 11 nitrogen and oxygen atoms in total. The second-order valence-electron chi connectivity index (χ2n) is 8.08. The molecule has 0 aliphatic carbocycles. The molecule has 1 aromatic carbocycles. The number of anilines is 2. The van der Waals surface area contributed by atoms with Crippen LogP contribution in [-0.2, 0) is 16.1 Å². The summed E-state index contributed by atoms with van der Waals surface area (Å²) in [7, 11) is 0. The fraction of sp³-hybridized carbons (Fsp3) is 0.250. The van der Waals surface area contributed by atoms with Crippen LogP contribution in [0.5, 0.6) is 5.75 Å². The van der Waals surface area contributed by atoms with Crippen LogP contribution in [0.3, 0.4) is 0 Å². The summed E-state index contributed by atoms with van der Waals surface area (Å²) in [4.78, 5) is 29.7. The van der Waals surface area contributed by atoms with Gasteiger partial charge in [-0.3, -0.25) is 9.69 Å². The number of pyridine rings is 1. The lowest BCUT2D eigenvalue weighted by Gasteiger charge is -2.19. The molecule has 0 spiro atoms. The molecule has 2 aliphatic heterocycles. The minimum absolute atomic E-state index is 0.0534. The maximum atomic E-state index is 12.4. The summed E-state index contributed by atoms with van der Waals surface area (Å²) in [5, 5.41) is 22.7. The van der Waals surface area contributed by atoms with Crippen LogP contribution >= 0.6 is 0 Å². The van der Waals surface area contributed by atoms with Crippen molar-refractivity contribution >= 4 is 23.6 Å². The van der Waals surface area contributed by atoms with Gasteiger partial charge >= 0.3 is 6.09 Å². The van der Waals surface area contributed by atoms with Gasteiger partial charge in [0, 0.05) is 12.1 Å². The normalized spacial score (nSPS) is 16.7. The van der Waals surface area contributed by atoms with Crippen molar-refractivity contribution in [3.05, 3.63) is 59.9 Å². The fourth-order valence-electron chi connectivity index (χ4n) is 3.90. The number of hydrogen-bond acceptors (Lipinski definition) is 9. The van der Waals surface area contributed by atoms with E-state index in [0.717, 1.165) is 16.7 Å². The number of cyclic esters (lactones) is 1. The van der Waals surface area contributed by atoms with Gasteiger partial charge in [0.15, 0.2) is 23.9 Å². The van der Waals surface area contributed by atoms with E-state index in [1.54, 1.807) is 24.4 Å². The van der Waals surface area contributed by atoms with Crippen molar-refractivity contribution in [3.63, 3.8) is 0 Å². The van der Waals surface area contributed by atoms with Gasteiger partial charge in [-0.15, -0.1) is 5.10 Å². The molecule has 1 atom stereocenters. The lowest BCUT2D eigenvalue weighted by Crippen LogP contribution is -2.29. The molecule has 176 valence electrons. The Labute approximate surface area is 200 Å². The minimum atomic E-state index is -0.471. The monoisotopic (exact) mass is 471 g/mol. The lowest BCUT2D eigenvalue weighted by atomic mass is 10.0. The van der Waals surface area contributed by atoms with E-state index in [1.807, 2.05) is 30.3 Å². The first-order valence-corrected chi connectivity index (χ1v) is 11.0. The lowest BCUT2D eigenvalue weighted by molar-refractivity contribution is -0.118. The zero-order valence-corrected chi connectivity index (χ0v) is 18.6. The molecule has 4 heterocycles. The number of nitriles is 1. The molecule has 2 aromatic heterocycles. The smallest absolute Gasteiger partial charge is 0.415 e. The highest BCUT2D eigenvalue weighted by Gasteiger charge is 2.33. The van der Waals surface area contributed by atoms with Crippen molar-refractivity contribution in [3.8, 4) is 22.9 Å². The summed E-state index contributed by atoms with van der Waals surface area (Å²) in [6.45, 7) is 1.59. The number of hydrogen-bond donors (Lipinski definition) is 2. The Balaban J connectivity index is 1.14. The molecular weight excluding hydrogens is 450 g/mol. The van der Waals surface area contributed by atoms with Crippen LogP contribution in [0.15, 0.2) is 48.7 Å². The predicted molar refractivity (Wildman–Crippen MR) is 124 cm³/mol. The van der Waals surface area contributed by atoms with Crippen molar-refractivity contribution in [1.29, 1.82) is 5.26 Å². The third-order valence-corrected chi connectivity index (χ3v) is 5.61. The summed E-state index contributed by atoms with van der Waals surface area (Å²) >= 11 is 0. The maximum Gasteiger partial charge on any atom is 0.415 e. The van der Waals surface area contributed by atoms with Gasteiger partial charge in [0.05, 0.1) is 12.7 Å². The average Bonchev–Trinajstić information content (AvgIpc) is 3.26. The number of carbonyl (C=O) groups excluding carboxylic acids is 2. The van der Waals surface area contributed by atoms with Gasteiger partial charge in [-0.1, -0.05) is 18.2 Å². The number of benzene rings is 1. The Bertz CT molecular complexity index is 1320. The average molecular weight is 471 g/mol. The van der Waals surface area contributed by atoms with Crippen molar-refractivity contribution in [2.75, 3.05) is 29.9 Å². The van der Waals surface area contributed by atoms with Gasteiger partial charge in [0.2, 0.25) is 0 Å². The Morgan fingerprint density at radius 2 is 2.11 bits per heavy atom. The molecule has 1 unspecified atom stereocenters. The standard InChI is InChI=1S/C24H21N7O4/c25-10-18-9-17(12-27-30-18)16-3-1-2-15(8-16)11-26-7-6-19-13-31(24(33)35-19)21-5-4-20-23(28-21)29-22(32)14-34-20/h1-5,8-9,12,19,26H,6-7,11,13-14H2,(H,28,29,32). The van der Waals surface area contributed by atoms with Gasteiger partial charge in [-0.2, -0.15) is 10.4 Å². The quantitative estimate of drug-likeness (QED) is 0.496. The molecule has 35 heavy (non-hydrogen) atoms. The van der Waals surface area contributed by atoms with Crippen LogP contribution in [0.25, 0.3) is 11.1 Å². The Morgan fingerprint density at radius 1 is 1.20 bits per heavy atom. The molecule has 2 aliphatic rings. The van der Waals surface area contributed by atoms with Gasteiger partial charge in [-0.25, -0.2) is 9.78 Å². The highest BCUT2D eigenvalue weighted by molar-refractivity contribution is 5.95. The van der Waals surface area contributed by atoms with Crippen molar-refractivity contribution in [1.82, 2.24) is 20.5 Å². The molecule has 1 saturated heterocycles. The Hall–Kier alpha value is -4.56. The van der Waals surface area contributed by atoms with E-state index in [-0.39, 0.29) is 24.3 Å². The van der Waals surface area contributed by atoms with Crippen LogP contribution in [0.2, 0.25) is 0 Å². The second kappa shape index (κ2) is 9.74. The second-order valence-corrected chi connectivity index (χ2v) is 8.08. The van der Waals surface area contributed by atoms with Gasteiger partial charge in [0.25, 0.3) is 5.91 Å². The summed E-state index contributed by atoms with van der Waals surface area (Å²) in [6.07, 6.45) is 1.51. The Morgan fingerprint density at radius 3 is 3.00 bits per heavy atom. The largest absolute Gasteiger partial charge is 0.480 e. The van der Waals surface area contributed by atoms with Crippen LogP contribution in [-0.4, -0.2) is 53.0 Å². The van der Waals surface area contributed by atoms with Crippen molar-refractivity contribution in [2.45, 2.75) is 19.1 Å². The molecule has 11 heteroatoms. The van der Waals surface area contributed by atoms with E-state index in [2.05, 4.69) is 25.8 Å². The van der Waals surface area contributed by atoms with E-state index < -0.39 is 6.09 Å². The summed E-state index contributed by atoms with van der Waals surface area (Å²) in [6, 6.07) is 15.0. The number of ether oxygens (including phenoxy) is 2. The van der Waals surface area contributed by atoms with Crippen LogP contribution in [0.1, 0.15) is 17.7 Å². The molecule has 2 N–H and O–H groups in total. The molecule has 5 rings (SSSR count). The van der Waals surface area contributed by atoms with Crippen LogP contribution in [0.4, 0.5) is 16.4 Å². The van der Waals surface area contributed by atoms with Crippen molar-refractivity contribution < 1.29 is 19.1 Å². The number of aromatic nitrogens is 3. The van der Waals surface area contributed by atoms with E-state index in [4.69, 9.17) is 14.7 Å². The Kier molecular flexibility index (Phi) is 6.19. The molecule has 0 bridgehead atoms. The molecular formula is C24H21N7O4.